The normalized spacial score (nSPS) is 24.3. The first kappa shape index (κ1) is 11.9. The van der Waals surface area contributed by atoms with Crippen LogP contribution in [-0.2, 0) is 4.79 Å². The first-order chi connectivity index (χ1) is 6.74. The predicted octanol–water partition coefficient (Wildman–Crippen LogP) is 0.996. The Morgan fingerprint density at radius 3 is 3.00 bits per heavy atom. The zero-order chi connectivity index (χ0) is 10.4. The molecule has 0 bridgehead atoms. The molecule has 1 rings (SSSR count). The lowest BCUT2D eigenvalue weighted by atomic mass is 10.0. The van der Waals surface area contributed by atoms with Crippen LogP contribution >= 0.6 is 11.8 Å². The largest absolute Gasteiger partial charge is 0.351 e. The van der Waals surface area contributed by atoms with Gasteiger partial charge in [-0.2, -0.15) is 11.8 Å². The van der Waals surface area contributed by atoms with E-state index in [4.69, 9.17) is 0 Å². The van der Waals surface area contributed by atoms with Crippen LogP contribution in [0, 0.1) is 0 Å². The molecule has 1 aliphatic rings. The molecule has 0 aromatic carbocycles. The summed E-state index contributed by atoms with van der Waals surface area (Å²) >= 11 is 1.76. The van der Waals surface area contributed by atoms with Crippen molar-refractivity contribution in [3.63, 3.8) is 0 Å². The molecule has 0 spiro atoms. The summed E-state index contributed by atoms with van der Waals surface area (Å²) < 4.78 is 0. The van der Waals surface area contributed by atoms with Gasteiger partial charge in [0, 0.05) is 11.8 Å². The highest BCUT2D eigenvalue weighted by atomic mass is 32.2. The zero-order valence-electron chi connectivity index (χ0n) is 9.01. The van der Waals surface area contributed by atoms with Gasteiger partial charge in [-0.15, -0.1) is 0 Å². The third-order valence-corrected chi connectivity index (χ3v) is 3.27. The standard InChI is InChI=1S/C10H20N2OS/c1-8(7-14-2)12-10(13)9-5-3-4-6-11-9/h8-9,11H,3-7H2,1-2H3,(H,12,13). The van der Waals surface area contributed by atoms with E-state index in [1.165, 1.54) is 12.8 Å². The highest BCUT2D eigenvalue weighted by Crippen LogP contribution is 2.07. The fourth-order valence-corrected chi connectivity index (χ4v) is 2.29. The van der Waals surface area contributed by atoms with Crippen molar-refractivity contribution in [2.45, 2.75) is 38.3 Å². The van der Waals surface area contributed by atoms with Crippen molar-refractivity contribution in [1.82, 2.24) is 10.6 Å². The lowest BCUT2D eigenvalue weighted by molar-refractivity contribution is -0.124. The second-order valence-electron chi connectivity index (χ2n) is 3.87. The van der Waals surface area contributed by atoms with Gasteiger partial charge in [-0.1, -0.05) is 6.42 Å². The summed E-state index contributed by atoms with van der Waals surface area (Å²) in [5.74, 6) is 1.16. The fraction of sp³-hybridized carbons (Fsp3) is 0.900. The van der Waals surface area contributed by atoms with Crippen LogP contribution < -0.4 is 10.6 Å². The van der Waals surface area contributed by atoms with Gasteiger partial charge in [0.2, 0.25) is 5.91 Å². The molecule has 2 N–H and O–H groups in total. The Kier molecular flexibility index (Phi) is 5.33. The van der Waals surface area contributed by atoms with Crippen LogP contribution in [0.1, 0.15) is 26.2 Å². The maximum atomic E-state index is 11.7. The number of carbonyl (C=O) groups excluding carboxylic acids is 1. The fourth-order valence-electron chi connectivity index (χ4n) is 1.71. The second kappa shape index (κ2) is 6.30. The molecule has 0 aliphatic carbocycles. The van der Waals surface area contributed by atoms with Gasteiger partial charge in [-0.05, 0) is 32.6 Å². The van der Waals surface area contributed by atoms with E-state index in [2.05, 4.69) is 23.8 Å². The van der Waals surface area contributed by atoms with Gasteiger partial charge in [0.15, 0.2) is 0 Å². The minimum Gasteiger partial charge on any atom is -0.351 e. The first-order valence-electron chi connectivity index (χ1n) is 5.26. The van der Waals surface area contributed by atoms with E-state index in [0.717, 1.165) is 18.7 Å². The van der Waals surface area contributed by atoms with Crippen LogP contribution in [0.4, 0.5) is 0 Å². The lowest BCUT2D eigenvalue weighted by Crippen LogP contribution is -2.49. The molecular formula is C10H20N2OS. The van der Waals surface area contributed by atoms with E-state index < -0.39 is 0 Å². The molecule has 1 fully saturated rings. The number of amides is 1. The number of rotatable bonds is 4. The monoisotopic (exact) mass is 216 g/mol. The van der Waals surface area contributed by atoms with E-state index >= 15 is 0 Å². The molecular weight excluding hydrogens is 196 g/mol. The van der Waals surface area contributed by atoms with Crippen LogP contribution in [0.25, 0.3) is 0 Å². The Labute approximate surface area is 90.4 Å². The third kappa shape index (κ3) is 3.88. The van der Waals surface area contributed by atoms with Gasteiger partial charge in [0.25, 0.3) is 0 Å². The van der Waals surface area contributed by atoms with E-state index in [-0.39, 0.29) is 18.0 Å². The smallest absolute Gasteiger partial charge is 0.237 e. The van der Waals surface area contributed by atoms with Crippen LogP contribution in [0.3, 0.4) is 0 Å². The quantitative estimate of drug-likeness (QED) is 0.736. The first-order valence-corrected chi connectivity index (χ1v) is 6.66. The van der Waals surface area contributed by atoms with Gasteiger partial charge in [0.1, 0.15) is 0 Å². The molecule has 0 radical (unpaired) electrons. The Bertz CT molecular complexity index is 181. The molecule has 3 nitrogen and oxygen atoms in total. The summed E-state index contributed by atoms with van der Waals surface area (Å²) in [6.45, 7) is 3.03. The van der Waals surface area contributed by atoms with Crippen molar-refractivity contribution < 1.29 is 4.79 Å². The summed E-state index contributed by atoms with van der Waals surface area (Å²) in [5.41, 5.74) is 0. The van der Waals surface area contributed by atoms with Crippen molar-refractivity contribution >= 4 is 17.7 Å². The molecule has 14 heavy (non-hydrogen) atoms. The number of thioether (sulfide) groups is 1. The van der Waals surface area contributed by atoms with Crippen molar-refractivity contribution in [2.24, 2.45) is 0 Å². The van der Waals surface area contributed by atoms with Crippen molar-refractivity contribution in [2.75, 3.05) is 18.6 Å². The predicted molar refractivity (Wildman–Crippen MR) is 61.6 cm³/mol. The maximum absolute atomic E-state index is 11.7. The number of nitrogens with one attached hydrogen (secondary N) is 2. The average molecular weight is 216 g/mol. The summed E-state index contributed by atoms with van der Waals surface area (Å²) in [4.78, 5) is 11.7. The van der Waals surface area contributed by atoms with Gasteiger partial charge in [-0.3, -0.25) is 4.79 Å². The number of carbonyl (C=O) groups is 1. The minimum absolute atomic E-state index is 0.0491. The average Bonchev–Trinajstić information content (AvgIpc) is 2.19. The number of hydrogen-bond donors (Lipinski definition) is 2. The van der Waals surface area contributed by atoms with E-state index in [9.17, 15) is 4.79 Å². The molecule has 82 valence electrons. The molecule has 1 amide bonds. The van der Waals surface area contributed by atoms with Crippen LogP contribution in [-0.4, -0.2) is 36.5 Å². The summed E-state index contributed by atoms with van der Waals surface area (Å²) in [6.07, 6.45) is 5.41. The highest BCUT2D eigenvalue weighted by molar-refractivity contribution is 7.98. The molecule has 1 aliphatic heterocycles. The van der Waals surface area contributed by atoms with Crippen molar-refractivity contribution in [3.05, 3.63) is 0 Å². The van der Waals surface area contributed by atoms with Crippen LogP contribution in [0.15, 0.2) is 0 Å². The van der Waals surface area contributed by atoms with Crippen molar-refractivity contribution in [1.29, 1.82) is 0 Å². The molecule has 1 saturated heterocycles. The zero-order valence-corrected chi connectivity index (χ0v) is 9.82. The summed E-state index contributed by atoms with van der Waals surface area (Å²) in [6, 6.07) is 0.328. The van der Waals surface area contributed by atoms with E-state index in [1.54, 1.807) is 11.8 Å². The summed E-state index contributed by atoms with van der Waals surface area (Å²) in [5, 5.41) is 6.28. The molecule has 0 aromatic heterocycles. The Hall–Kier alpha value is -0.220. The summed E-state index contributed by atoms with van der Waals surface area (Å²) in [7, 11) is 0. The van der Waals surface area contributed by atoms with E-state index in [1.807, 2.05) is 0 Å². The Morgan fingerprint density at radius 2 is 2.43 bits per heavy atom. The van der Waals surface area contributed by atoms with Crippen LogP contribution in [0.5, 0.6) is 0 Å². The van der Waals surface area contributed by atoms with Gasteiger partial charge < -0.3 is 10.6 Å². The van der Waals surface area contributed by atoms with Crippen LogP contribution in [0.2, 0.25) is 0 Å². The number of piperidine rings is 1. The van der Waals surface area contributed by atoms with Gasteiger partial charge in [-0.25, -0.2) is 0 Å². The van der Waals surface area contributed by atoms with Gasteiger partial charge >= 0.3 is 0 Å². The maximum Gasteiger partial charge on any atom is 0.237 e. The number of hydrogen-bond acceptors (Lipinski definition) is 3. The topological polar surface area (TPSA) is 41.1 Å². The Balaban J connectivity index is 2.25. The highest BCUT2D eigenvalue weighted by Gasteiger charge is 2.21. The van der Waals surface area contributed by atoms with Gasteiger partial charge in [0.05, 0.1) is 6.04 Å². The van der Waals surface area contributed by atoms with Crippen molar-refractivity contribution in [3.8, 4) is 0 Å². The SMILES string of the molecule is CSCC(C)NC(=O)C1CCCCN1. The molecule has 2 unspecified atom stereocenters. The third-order valence-electron chi connectivity index (χ3n) is 2.43. The molecule has 4 heteroatoms. The Morgan fingerprint density at radius 1 is 1.64 bits per heavy atom. The van der Waals surface area contributed by atoms with E-state index in [0.29, 0.717) is 0 Å². The molecule has 0 aromatic rings. The minimum atomic E-state index is 0.0491. The second-order valence-corrected chi connectivity index (χ2v) is 4.78. The molecule has 1 heterocycles. The molecule has 2 atom stereocenters. The molecule has 0 saturated carbocycles. The lowest BCUT2D eigenvalue weighted by Gasteiger charge is -2.24.